The van der Waals surface area contributed by atoms with E-state index in [4.69, 9.17) is 0 Å². The molecule has 1 heterocycles. The summed E-state index contributed by atoms with van der Waals surface area (Å²) in [6, 6.07) is 0.0260. The highest BCUT2D eigenvalue weighted by atomic mass is 16.2. The Labute approximate surface area is 98.8 Å². The number of hydrogen-bond donors (Lipinski definition) is 2. The fourth-order valence-electron chi connectivity index (χ4n) is 2.07. The number of likely N-dealkylation sites (N-methyl/N-ethyl adjacent to an activating group) is 1. The van der Waals surface area contributed by atoms with E-state index in [0.717, 1.165) is 52.0 Å². The van der Waals surface area contributed by atoms with Crippen molar-refractivity contribution in [1.29, 1.82) is 0 Å². The lowest BCUT2D eigenvalue weighted by atomic mass is 10.1. The van der Waals surface area contributed by atoms with Crippen LogP contribution in [0, 0.1) is 0 Å². The van der Waals surface area contributed by atoms with E-state index >= 15 is 0 Å². The summed E-state index contributed by atoms with van der Waals surface area (Å²) >= 11 is 0. The molecule has 0 aromatic heterocycles. The van der Waals surface area contributed by atoms with Gasteiger partial charge in [-0.3, -0.25) is 4.79 Å². The molecule has 1 saturated heterocycles. The molecule has 16 heavy (non-hydrogen) atoms. The molecule has 1 aliphatic heterocycles. The van der Waals surface area contributed by atoms with Gasteiger partial charge < -0.3 is 15.5 Å². The Balaban J connectivity index is 2.22. The van der Waals surface area contributed by atoms with Gasteiger partial charge in [-0.25, -0.2) is 0 Å². The smallest absolute Gasteiger partial charge is 0.237 e. The molecule has 4 nitrogen and oxygen atoms in total. The maximum absolute atomic E-state index is 11.6. The molecule has 1 rings (SSSR count). The van der Waals surface area contributed by atoms with Crippen molar-refractivity contribution in [3.63, 3.8) is 0 Å². The van der Waals surface area contributed by atoms with Crippen LogP contribution in [0.3, 0.4) is 0 Å². The third-order valence-electron chi connectivity index (χ3n) is 3.25. The molecular weight excluding hydrogens is 202 g/mol. The van der Waals surface area contributed by atoms with Crippen LogP contribution in [0.2, 0.25) is 0 Å². The molecule has 0 aromatic rings. The van der Waals surface area contributed by atoms with Crippen LogP contribution < -0.4 is 10.6 Å². The van der Waals surface area contributed by atoms with E-state index in [1.165, 1.54) is 0 Å². The molecule has 0 aromatic carbocycles. The minimum Gasteiger partial charge on any atom is -0.355 e. The van der Waals surface area contributed by atoms with Crippen molar-refractivity contribution in [3.05, 3.63) is 0 Å². The van der Waals surface area contributed by atoms with Crippen molar-refractivity contribution in [2.24, 2.45) is 0 Å². The molecule has 1 fully saturated rings. The first-order valence-corrected chi connectivity index (χ1v) is 6.51. The molecule has 0 spiro atoms. The van der Waals surface area contributed by atoms with Crippen molar-refractivity contribution in [2.45, 2.75) is 39.2 Å². The molecule has 1 aliphatic rings. The fraction of sp³-hybridized carbons (Fsp3) is 0.917. The highest BCUT2D eigenvalue weighted by Crippen LogP contribution is 2.04. The average molecular weight is 227 g/mol. The summed E-state index contributed by atoms with van der Waals surface area (Å²) < 4.78 is 0. The third-order valence-corrected chi connectivity index (χ3v) is 3.25. The minimum absolute atomic E-state index is 0.0260. The zero-order chi connectivity index (χ0) is 11.8. The Morgan fingerprint density at radius 2 is 2.12 bits per heavy atom. The largest absolute Gasteiger partial charge is 0.355 e. The molecule has 1 atom stereocenters. The summed E-state index contributed by atoms with van der Waals surface area (Å²) in [5.74, 6) is 0.178. The Morgan fingerprint density at radius 3 is 2.81 bits per heavy atom. The molecule has 0 saturated carbocycles. The van der Waals surface area contributed by atoms with Gasteiger partial charge in [0.15, 0.2) is 0 Å². The lowest BCUT2D eigenvalue weighted by molar-refractivity contribution is -0.122. The number of carbonyl (C=O) groups is 1. The van der Waals surface area contributed by atoms with Crippen molar-refractivity contribution in [2.75, 3.05) is 32.7 Å². The van der Waals surface area contributed by atoms with E-state index in [0.29, 0.717) is 0 Å². The maximum Gasteiger partial charge on any atom is 0.237 e. The molecule has 4 heteroatoms. The zero-order valence-electron chi connectivity index (χ0n) is 10.6. The standard InChI is InChI=1S/C12H25N3O/c1-3-15(4-2)10-9-13-11-7-5-6-8-14-12(11)16/h11,13H,3-10H2,1-2H3,(H,14,16). The Morgan fingerprint density at radius 1 is 1.38 bits per heavy atom. The first kappa shape index (κ1) is 13.5. The van der Waals surface area contributed by atoms with E-state index in [1.54, 1.807) is 0 Å². The third kappa shape index (κ3) is 4.49. The number of rotatable bonds is 6. The monoisotopic (exact) mass is 227 g/mol. The van der Waals surface area contributed by atoms with E-state index in [-0.39, 0.29) is 11.9 Å². The molecule has 0 aliphatic carbocycles. The number of carbonyl (C=O) groups excluding carboxylic acids is 1. The predicted molar refractivity (Wildman–Crippen MR) is 66.4 cm³/mol. The van der Waals surface area contributed by atoms with Crippen LogP contribution in [0.4, 0.5) is 0 Å². The summed E-state index contributed by atoms with van der Waals surface area (Å²) in [4.78, 5) is 14.0. The first-order valence-electron chi connectivity index (χ1n) is 6.51. The van der Waals surface area contributed by atoms with Crippen LogP contribution in [0.1, 0.15) is 33.1 Å². The summed E-state index contributed by atoms with van der Waals surface area (Å²) in [7, 11) is 0. The van der Waals surface area contributed by atoms with Crippen LogP contribution in [-0.2, 0) is 4.79 Å². The number of amides is 1. The molecular formula is C12H25N3O. The van der Waals surface area contributed by atoms with Crippen molar-refractivity contribution < 1.29 is 4.79 Å². The Kier molecular flexibility index (Phi) is 6.42. The van der Waals surface area contributed by atoms with Gasteiger partial charge in [-0.2, -0.15) is 0 Å². The predicted octanol–water partition coefficient (Wildman–Crippen LogP) is 0.587. The van der Waals surface area contributed by atoms with Gasteiger partial charge in [-0.05, 0) is 32.4 Å². The minimum atomic E-state index is 0.0260. The molecule has 2 N–H and O–H groups in total. The van der Waals surface area contributed by atoms with Crippen LogP contribution in [-0.4, -0.2) is 49.6 Å². The average Bonchev–Trinajstić information content (AvgIpc) is 2.50. The molecule has 1 amide bonds. The number of hydrogen-bond acceptors (Lipinski definition) is 3. The van der Waals surface area contributed by atoms with Crippen LogP contribution in [0.15, 0.2) is 0 Å². The maximum atomic E-state index is 11.6. The van der Waals surface area contributed by atoms with Gasteiger partial charge in [-0.1, -0.05) is 13.8 Å². The molecule has 0 bridgehead atoms. The summed E-state index contributed by atoms with van der Waals surface area (Å²) in [6.45, 7) is 9.26. The van der Waals surface area contributed by atoms with Gasteiger partial charge in [0, 0.05) is 19.6 Å². The van der Waals surface area contributed by atoms with Crippen LogP contribution in [0.25, 0.3) is 0 Å². The first-order chi connectivity index (χ1) is 7.77. The number of nitrogens with one attached hydrogen (secondary N) is 2. The van der Waals surface area contributed by atoms with E-state index in [1.807, 2.05) is 0 Å². The SMILES string of the molecule is CCN(CC)CCNC1CCCCNC1=O. The lowest BCUT2D eigenvalue weighted by Gasteiger charge is -2.20. The zero-order valence-corrected chi connectivity index (χ0v) is 10.6. The summed E-state index contributed by atoms with van der Waals surface area (Å²) in [6.07, 6.45) is 3.23. The number of nitrogens with zero attached hydrogens (tertiary/aromatic N) is 1. The van der Waals surface area contributed by atoms with Gasteiger partial charge in [0.25, 0.3) is 0 Å². The summed E-state index contributed by atoms with van der Waals surface area (Å²) in [5.41, 5.74) is 0. The topological polar surface area (TPSA) is 44.4 Å². The Bertz CT molecular complexity index is 204. The second-order valence-electron chi connectivity index (χ2n) is 4.32. The van der Waals surface area contributed by atoms with E-state index in [9.17, 15) is 4.79 Å². The highest BCUT2D eigenvalue weighted by Gasteiger charge is 2.19. The van der Waals surface area contributed by atoms with Crippen LogP contribution in [0.5, 0.6) is 0 Å². The van der Waals surface area contributed by atoms with Crippen molar-refractivity contribution in [1.82, 2.24) is 15.5 Å². The van der Waals surface area contributed by atoms with Crippen molar-refractivity contribution in [3.8, 4) is 0 Å². The fourth-order valence-corrected chi connectivity index (χ4v) is 2.07. The van der Waals surface area contributed by atoms with Gasteiger partial charge in [0.1, 0.15) is 0 Å². The second-order valence-corrected chi connectivity index (χ2v) is 4.32. The highest BCUT2D eigenvalue weighted by molar-refractivity contribution is 5.81. The van der Waals surface area contributed by atoms with Crippen molar-refractivity contribution >= 4 is 5.91 Å². The van der Waals surface area contributed by atoms with Gasteiger partial charge in [-0.15, -0.1) is 0 Å². The molecule has 94 valence electrons. The van der Waals surface area contributed by atoms with Gasteiger partial charge >= 0.3 is 0 Å². The van der Waals surface area contributed by atoms with E-state index < -0.39 is 0 Å². The normalized spacial score (nSPS) is 21.9. The van der Waals surface area contributed by atoms with E-state index in [2.05, 4.69) is 29.4 Å². The quantitative estimate of drug-likeness (QED) is 0.698. The molecule has 0 radical (unpaired) electrons. The second kappa shape index (κ2) is 7.63. The Hall–Kier alpha value is -0.610. The van der Waals surface area contributed by atoms with Crippen LogP contribution >= 0.6 is 0 Å². The molecule has 1 unspecified atom stereocenters. The van der Waals surface area contributed by atoms with Gasteiger partial charge in [0.2, 0.25) is 5.91 Å². The lowest BCUT2D eigenvalue weighted by Crippen LogP contribution is -2.45. The summed E-state index contributed by atoms with van der Waals surface area (Å²) in [5, 5.41) is 6.30. The van der Waals surface area contributed by atoms with Gasteiger partial charge in [0.05, 0.1) is 6.04 Å².